The zero-order chi connectivity index (χ0) is 17.6. The van der Waals surface area contributed by atoms with E-state index < -0.39 is 6.04 Å². The quantitative estimate of drug-likeness (QED) is 0.567. The fourth-order valence-electron chi connectivity index (χ4n) is 4.19. The van der Waals surface area contributed by atoms with E-state index in [1.807, 2.05) is 41.5 Å². The fraction of sp³-hybridized carbons (Fsp3) is 0.429. The van der Waals surface area contributed by atoms with Gasteiger partial charge in [-0.05, 0) is 49.5 Å². The number of hydrogen-bond donors (Lipinski definition) is 0. The number of nitrogens with zero attached hydrogens (tertiary/aromatic N) is 2. The summed E-state index contributed by atoms with van der Waals surface area (Å²) in [6.45, 7) is 6.80. The summed E-state index contributed by atoms with van der Waals surface area (Å²) in [5.41, 5.74) is 1.62. The Kier molecular flexibility index (Phi) is 3.78. The van der Waals surface area contributed by atoms with Crippen molar-refractivity contribution in [2.75, 3.05) is 0 Å². The molecular weight excluding hydrogens is 312 g/mol. The third-order valence-corrected chi connectivity index (χ3v) is 5.62. The lowest BCUT2D eigenvalue weighted by Crippen LogP contribution is -2.41. The predicted molar refractivity (Wildman–Crippen MR) is 98.7 cm³/mol. The lowest BCUT2D eigenvalue weighted by atomic mass is 9.68. The van der Waals surface area contributed by atoms with Crippen LogP contribution in [0.5, 0.6) is 0 Å². The van der Waals surface area contributed by atoms with Gasteiger partial charge in [0.1, 0.15) is 11.6 Å². The molecule has 0 saturated heterocycles. The highest BCUT2D eigenvalue weighted by molar-refractivity contribution is 6.00. The summed E-state index contributed by atoms with van der Waals surface area (Å²) in [5, 5.41) is 0. The van der Waals surface area contributed by atoms with Crippen LogP contribution in [0.2, 0.25) is 0 Å². The molecule has 0 aromatic carbocycles. The lowest BCUT2D eigenvalue weighted by Gasteiger charge is -2.36. The molecule has 4 nitrogen and oxygen atoms in total. The number of aliphatic imine (C=N–C) groups is 1. The van der Waals surface area contributed by atoms with Gasteiger partial charge in [-0.15, -0.1) is 0 Å². The van der Waals surface area contributed by atoms with E-state index in [-0.39, 0.29) is 17.4 Å². The van der Waals surface area contributed by atoms with Gasteiger partial charge in [-0.25, -0.2) is 4.79 Å². The first-order chi connectivity index (χ1) is 12.0. The monoisotopic (exact) mass is 336 g/mol. The molecule has 0 radical (unpaired) electrons. The summed E-state index contributed by atoms with van der Waals surface area (Å²) < 4.78 is 5.53. The molecule has 3 heterocycles. The summed E-state index contributed by atoms with van der Waals surface area (Å²) in [7, 11) is 0. The molecular formula is C21H24N2O2. The van der Waals surface area contributed by atoms with E-state index in [0.29, 0.717) is 11.7 Å². The Morgan fingerprint density at radius 2 is 2.20 bits per heavy atom. The molecule has 25 heavy (non-hydrogen) atoms. The number of fused-ring (bicyclic) bond motifs is 3. The summed E-state index contributed by atoms with van der Waals surface area (Å²) in [5.74, 6) is 1.54. The van der Waals surface area contributed by atoms with Gasteiger partial charge in [-0.3, -0.25) is 4.99 Å². The molecule has 4 heteroatoms. The second-order valence-corrected chi connectivity index (χ2v) is 7.83. The van der Waals surface area contributed by atoms with E-state index in [0.717, 1.165) is 12.3 Å². The van der Waals surface area contributed by atoms with Crippen LogP contribution in [0, 0.1) is 11.3 Å². The summed E-state index contributed by atoms with van der Waals surface area (Å²) in [6.07, 6.45) is 18.6. The number of amidine groups is 1. The number of esters is 1. The normalized spacial score (nSPS) is 32.8. The molecule has 3 aliphatic heterocycles. The highest BCUT2D eigenvalue weighted by Gasteiger charge is 2.42. The van der Waals surface area contributed by atoms with E-state index >= 15 is 0 Å². The van der Waals surface area contributed by atoms with Gasteiger partial charge in [0.2, 0.25) is 0 Å². The van der Waals surface area contributed by atoms with Crippen molar-refractivity contribution in [1.29, 1.82) is 0 Å². The van der Waals surface area contributed by atoms with Gasteiger partial charge < -0.3 is 9.64 Å². The van der Waals surface area contributed by atoms with Crippen molar-refractivity contribution < 1.29 is 9.53 Å². The molecule has 0 bridgehead atoms. The maximum atomic E-state index is 12.4. The smallest absolute Gasteiger partial charge is 0.338 e. The average molecular weight is 336 g/mol. The first kappa shape index (κ1) is 16.1. The number of carbonyl (C=O) groups excluding carboxylic acids is 1. The molecule has 0 aromatic rings. The Labute approximate surface area is 148 Å². The third kappa shape index (κ3) is 2.80. The van der Waals surface area contributed by atoms with Crippen molar-refractivity contribution in [2.24, 2.45) is 16.3 Å². The third-order valence-electron chi connectivity index (χ3n) is 5.62. The van der Waals surface area contributed by atoms with Crippen molar-refractivity contribution >= 4 is 11.8 Å². The van der Waals surface area contributed by atoms with Crippen molar-refractivity contribution in [3.63, 3.8) is 0 Å². The predicted octanol–water partition coefficient (Wildman–Crippen LogP) is 3.90. The molecule has 0 spiro atoms. The Morgan fingerprint density at radius 1 is 1.36 bits per heavy atom. The maximum absolute atomic E-state index is 12.4. The number of rotatable bonds is 2. The van der Waals surface area contributed by atoms with Gasteiger partial charge >= 0.3 is 5.97 Å². The van der Waals surface area contributed by atoms with Crippen LogP contribution in [0.4, 0.5) is 0 Å². The molecule has 0 N–H and O–H groups in total. The first-order valence-corrected chi connectivity index (χ1v) is 8.95. The molecule has 0 amide bonds. The van der Waals surface area contributed by atoms with Gasteiger partial charge in [-0.2, -0.15) is 0 Å². The zero-order valence-corrected chi connectivity index (χ0v) is 15.0. The summed E-state index contributed by atoms with van der Waals surface area (Å²) in [4.78, 5) is 18.9. The second kappa shape index (κ2) is 5.87. The van der Waals surface area contributed by atoms with Gasteiger partial charge in [0.25, 0.3) is 0 Å². The van der Waals surface area contributed by atoms with Crippen LogP contribution >= 0.6 is 0 Å². The lowest BCUT2D eigenvalue weighted by molar-refractivity contribution is -0.142. The molecule has 130 valence electrons. The fourth-order valence-corrected chi connectivity index (χ4v) is 4.19. The van der Waals surface area contributed by atoms with Crippen molar-refractivity contribution in [3.8, 4) is 0 Å². The average Bonchev–Trinajstić information content (AvgIpc) is 2.93. The minimum absolute atomic E-state index is 0.0897. The van der Waals surface area contributed by atoms with Crippen LogP contribution in [0.1, 0.15) is 33.6 Å². The number of cyclic esters (lactones) is 1. The Hall–Kier alpha value is -2.36. The zero-order valence-electron chi connectivity index (χ0n) is 15.0. The summed E-state index contributed by atoms with van der Waals surface area (Å²) in [6, 6.07) is -0.555. The minimum Gasteiger partial charge on any atom is -0.425 e. The molecule has 4 rings (SSSR count). The standard InChI is InChI=1S/C21H24N2O2/c1-14-7-6-11-21(2,3)16(14)10-9-15-13-17-19(20(24)25-15)22-18-8-4-5-12-23(17)18/h4-5,7-10,12-13,16-17,19H,6,11H2,1-3H3. The van der Waals surface area contributed by atoms with E-state index in [2.05, 4.69) is 37.9 Å². The Bertz CT molecular complexity index is 780. The Balaban J connectivity index is 1.59. The van der Waals surface area contributed by atoms with E-state index in [1.54, 1.807) is 0 Å². The molecule has 0 fully saturated rings. The van der Waals surface area contributed by atoms with Crippen molar-refractivity contribution in [3.05, 3.63) is 60.1 Å². The van der Waals surface area contributed by atoms with Crippen LogP contribution in [0.25, 0.3) is 0 Å². The minimum atomic E-state index is -0.465. The van der Waals surface area contributed by atoms with Gasteiger partial charge in [-0.1, -0.05) is 37.6 Å². The number of ether oxygens (including phenoxy) is 1. The maximum Gasteiger partial charge on any atom is 0.338 e. The van der Waals surface area contributed by atoms with Gasteiger partial charge in [0.15, 0.2) is 6.04 Å². The molecule has 4 aliphatic rings. The Morgan fingerprint density at radius 3 is 3.00 bits per heavy atom. The van der Waals surface area contributed by atoms with Crippen LogP contribution in [0.15, 0.2) is 65.1 Å². The SMILES string of the molecule is CC1=CCCC(C)(C)C1C=CC1=CC2C(N=C3C=CC=CN32)C(=O)O1. The van der Waals surface area contributed by atoms with Crippen LogP contribution in [-0.2, 0) is 9.53 Å². The number of allylic oxidation sites excluding steroid dienone is 6. The molecule has 3 atom stereocenters. The van der Waals surface area contributed by atoms with Crippen molar-refractivity contribution in [2.45, 2.75) is 45.7 Å². The van der Waals surface area contributed by atoms with Crippen LogP contribution in [0.3, 0.4) is 0 Å². The van der Waals surface area contributed by atoms with E-state index in [4.69, 9.17) is 4.74 Å². The second-order valence-electron chi connectivity index (χ2n) is 7.83. The molecule has 0 aromatic heterocycles. The number of hydrogen-bond acceptors (Lipinski definition) is 4. The first-order valence-electron chi connectivity index (χ1n) is 8.95. The molecule has 1 aliphatic carbocycles. The highest BCUT2D eigenvalue weighted by Crippen LogP contribution is 2.42. The van der Waals surface area contributed by atoms with E-state index in [1.165, 1.54) is 12.0 Å². The number of carbonyl (C=O) groups is 1. The van der Waals surface area contributed by atoms with E-state index in [9.17, 15) is 4.79 Å². The highest BCUT2D eigenvalue weighted by atomic mass is 16.5. The molecule has 3 unspecified atom stereocenters. The largest absolute Gasteiger partial charge is 0.425 e. The van der Waals surface area contributed by atoms with Crippen LogP contribution < -0.4 is 0 Å². The summed E-state index contributed by atoms with van der Waals surface area (Å²) >= 11 is 0. The van der Waals surface area contributed by atoms with Crippen molar-refractivity contribution in [1.82, 2.24) is 4.90 Å². The van der Waals surface area contributed by atoms with Gasteiger partial charge in [0, 0.05) is 12.1 Å². The molecule has 0 saturated carbocycles. The van der Waals surface area contributed by atoms with Crippen LogP contribution in [-0.4, -0.2) is 28.8 Å². The van der Waals surface area contributed by atoms with Gasteiger partial charge in [0.05, 0.1) is 6.04 Å². The topological polar surface area (TPSA) is 41.9 Å².